The van der Waals surface area contributed by atoms with E-state index in [1.165, 1.54) is 11.8 Å². The van der Waals surface area contributed by atoms with E-state index in [1.807, 2.05) is 27.7 Å². The van der Waals surface area contributed by atoms with E-state index in [2.05, 4.69) is 15.3 Å². The fraction of sp³-hybridized carbons (Fsp3) is 0.643. The summed E-state index contributed by atoms with van der Waals surface area (Å²) in [5.41, 5.74) is 2.32. The third-order valence-electron chi connectivity index (χ3n) is 3.38. The summed E-state index contributed by atoms with van der Waals surface area (Å²) < 4.78 is 5.10. The maximum atomic E-state index is 12.0. The van der Waals surface area contributed by atoms with Crippen molar-refractivity contribution in [1.29, 1.82) is 0 Å². The first kappa shape index (κ1) is 16.9. The summed E-state index contributed by atoms with van der Waals surface area (Å²) in [4.78, 5) is 20.9. The number of ether oxygens (including phenoxy) is 1. The summed E-state index contributed by atoms with van der Waals surface area (Å²) in [5.74, 6) is 0.264. The van der Waals surface area contributed by atoms with Crippen molar-refractivity contribution in [3.8, 4) is 0 Å². The SMILES string of the molecule is CCOC(=O)C(C)(CSc1nc(C)c(C)c(C)n1)NC. The lowest BCUT2D eigenvalue weighted by Crippen LogP contribution is -2.50. The van der Waals surface area contributed by atoms with Crippen LogP contribution in [-0.4, -0.2) is 40.9 Å². The van der Waals surface area contributed by atoms with Crippen LogP contribution in [0.2, 0.25) is 0 Å². The largest absolute Gasteiger partial charge is 0.465 e. The lowest BCUT2D eigenvalue weighted by Gasteiger charge is -2.25. The van der Waals surface area contributed by atoms with Crippen LogP contribution in [0.4, 0.5) is 0 Å². The molecule has 0 aliphatic heterocycles. The molecule has 1 unspecified atom stereocenters. The second-order valence-electron chi connectivity index (χ2n) is 4.89. The van der Waals surface area contributed by atoms with Crippen molar-refractivity contribution in [1.82, 2.24) is 15.3 Å². The number of aromatic nitrogens is 2. The van der Waals surface area contributed by atoms with Gasteiger partial charge in [0.15, 0.2) is 5.16 Å². The molecule has 1 aromatic heterocycles. The first-order chi connectivity index (χ1) is 9.34. The highest BCUT2D eigenvalue weighted by Crippen LogP contribution is 2.22. The van der Waals surface area contributed by atoms with Crippen LogP contribution in [0, 0.1) is 20.8 Å². The van der Waals surface area contributed by atoms with Gasteiger partial charge >= 0.3 is 5.97 Å². The Labute approximate surface area is 124 Å². The Balaban J connectivity index is 2.81. The monoisotopic (exact) mass is 297 g/mol. The number of aryl methyl sites for hydroxylation is 2. The van der Waals surface area contributed by atoms with Gasteiger partial charge in [-0.1, -0.05) is 11.8 Å². The van der Waals surface area contributed by atoms with E-state index in [9.17, 15) is 4.79 Å². The summed E-state index contributed by atoms with van der Waals surface area (Å²) >= 11 is 1.46. The van der Waals surface area contributed by atoms with Gasteiger partial charge < -0.3 is 10.1 Å². The van der Waals surface area contributed by atoms with E-state index in [0.29, 0.717) is 17.5 Å². The average Bonchev–Trinajstić information content (AvgIpc) is 2.42. The number of carbonyl (C=O) groups is 1. The Hall–Kier alpha value is -1.14. The molecule has 0 aromatic carbocycles. The van der Waals surface area contributed by atoms with E-state index < -0.39 is 5.54 Å². The quantitative estimate of drug-likeness (QED) is 0.492. The van der Waals surface area contributed by atoms with Crippen LogP contribution >= 0.6 is 11.8 Å². The zero-order chi connectivity index (χ0) is 15.3. The van der Waals surface area contributed by atoms with Gasteiger partial charge in [-0.2, -0.15) is 0 Å². The van der Waals surface area contributed by atoms with Crippen LogP contribution in [-0.2, 0) is 9.53 Å². The number of hydrogen-bond acceptors (Lipinski definition) is 6. The number of carbonyl (C=O) groups excluding carboxylic acids is 1. The maximum absolute atomic E-state index is 12.0. The van der Waals surface area contributed by atoms with E-state index in [0.717, 1.165) is 17.0 Å². The van der Waals surface area contributed by atoms with Crippen molar-refractivity contribution in [2.45, 2.75) is 45.3 Å². The fourth-order valence-corrected chi connectivity index (χ4v) is 2.62. The molecule has 1 heterocycles. The van der Waals surface area contributed by atoms with Crippen LogP contribution in [0.3, 0.4) is 0 Å². The molecular weight excluding hydrogens is 274 g/mol. The van der Waals surface area contributed by atoms with E-state index in [1.54, 1.807) is 14.0 Å². The predicted molar refractivity (Wildman–Crippen MR) is 81.1 cm³/mol. The van der Waals surface area contributed by atoms with Gasteiger partial charge in [0.05, 0.1) is 6.61 Å². The second kappa shape index (κ2) is 7.04. The van der Waals surface area contributed by atoms with Crippen molar-refractivity contribution in [2.75, 3.05) is 19.4 Å². The molecule has 0 spiro atoms. The minimum absolute atomic E-state index is 0.254. The molecule has 0 saturated carbocycles. The number of rotatable bonds is 6. The van der Waals surface area contributed by atoms with Crippen molar-refractivity contribution < 1.29 is 9.53 Å². The summed E-state index contributed by atoms with van der Waals surface area (Å²) in [5, 5.41) is 3.71. The second-order valence-corrected chi connectivity index (χ2v) is 5.84. The van der Waals surface area contributed by atoms with Gasteiger partial charge in [-0.15, -0.1) is 0 Å². The fourth-order valence-electron chi connectivity index (χ4n) is 1.54. The Morgan fingerprint density at radius 3 is 2.30 bits per heavy atom. The molecule has 20 heavy (non-hydrogen) atoms. The molecule has 0 amide bonds. The molecule has 0 aliphatic rings. The molecule has 0 saturated heterocycles. The smallest absolute Gasteiger partial charge is 0.326 e. The topological polar surface area (TPSA) is 64.1 Å². The van der Waals surface area contributed by atoms with Crippen molar-refractivity contribution in [3.05, 3.63) is 17.0 Å². The predicted octanol–water partition coefficient (Wildman–Crippen LogP) is 2.04. The number of thioether (sulfide) groups is 1. The van der Waals surface area contributed by atoms with Gasteiger partial charge in [0, 0.05) is 17.1 Å². The minimum Gasteiger partial charge on any atom is -0.465 e. The van der Waals surface area contributed by atoms with E-state index in [-0.39, 0.29) is 5.97 Å². The lowest BCUT2D eigenvalue weighted by atomic mass is 10.1. The zero-order valence-corrected chi connectivity index (χ0v) is 13.8. The van der Waals surface area contributed by atoms with Gasteiger partial charge in [0.1, 0.15) is 5.54 Å². The third-order valence-corrected chi connectivity index (χ3v) is 4.54. The zero-order valence-electron chi connectivity index (χ0n) is 13.0. The third kappa shape index (κ3) is 3.93. The first-order valence-corrected chi connectivity index (χ1v) is 7.63. The summed E-state index contributed by atoms with van der Waals surface area (Å²) in [6.45, 7) is 9.95. The summed E-state index contributed by atoms with van der Waals surface area (Å²) in [7, 11) is 1.75. The molecule has 1 rings (SSSR count). The van der Waals surface area contributed by atoms with Crippen molar-refractivity contribution in [2.24, 2.45) is 0 Å². The number of likely N-dealkylation sites (N-methyl/N-ethyl adjacent to an activating group) is 1. The number of hydrogen-bond donors (Lipinski definition) is 1. The molecule has 112 valence electrons. The molecule has 0 radical (unpaired) electrons. The molecule has 0 bridgehead atoms. The van der Waals surface area contributed by atoms with Gasteiger partial charge in [-0.3, -0.25) is 4.79 Å². The Kier molecular flexibility index (Phi) is 5.95. The van der Waals surface area contributed by atoms with Crippen LogP contribution in [0.25, 0.3) is 0 Å². The van der Waals surface area contributed by atoms with E-state index in [4.69, 9.17) is 4.74 Å². The molecule has 1 atom stereocenters. The highest BCUT2D eigenvalue weighted by Gasteiger charge is 2.33. The number of esters is 1. The average molecular weight is 297 g/mol. The van der Waals surface area contributed by atoms with Crippen LogP contribution in [0.5, 0.6) is 0 Å². The molecule has 1 N–H and O–H groups in total. The van der Waals surface area contributed by atoms with Crippen LogP contribution in [0.15, 0.2) is 5.16 Å². The maximum Gasteiger partial charge on any atom is 0.326 e. The molecule has 5 nitrogen and oxygen atoms in total. The highest BCUT2D eigenvalue weighted by molar-refractivity contribution is 7.99. The highest BCUT2D eigenvalue weighted by atomic mass is 32.2. The Morgan fingerprint density at radius 1 is 1.30 bits per heavy atom. The Morgan fingerprint density at radius 2 is 1.85 bits per heavy atom. The number of nitrogens with one attached hydrogen (secondary N) is 1. The van der Waals surface area contributed by atoms with Crippen LogP contribution < -0.4 is 5.32 Å². The van der Waals surface area contributed by atoms with Crippen LogP contribution in [0.1, 0.15) is 30.8 Å². The minimum atomic E-state index is -0.739. The molecular formula is C14H23N3O2S. The van der Waals surface area contributed by atoms with E-state index >= 15 is 0 Å². The van der Waals surface area contributed by atoms with Crippen molar-refractivity contribution >= 4 is 17.7 Å². The lowest BCUT2D eigenvalue weighted by molar-refractivity contribution is -0.149. The molecule has 0 fully saturated rings. The summed E-state index contributed by atoms with van der Waals surface area (Å²) in [6.07, 6.45) is 0. The van der Waals surface area contributed by atoms with Gasteiger partial charge in [0.2, 0.25) is 0 Å². The first-order valence-electron chi connectivity index (χ1n) is 6.64. The van der Waals surface area contributed by atoms with Gasteiger partial charge in [-0.25, -0.2) is 9.97 Å². The standard InChI is InChI=1S/C14H23N3O2S/c1-7-19-12(18)14(5,15-6)8-20-13-16-10(3)9(2)11(4)17-13/h15H,7-8H2,1-6H3. The summed E-state index contributed by atoms with van der Waals surface area (Å²) in [6, 6.07) is 0. The normalized spacial score (nSPS) is 13.9. The van der Waals surface area contributed by atoms with Gasteiger partial charge in [0.25, 0.3) is 0 Å². The molecule has 0 aliphatic carbocycles. The van der Waals surface area contributed by atoms with Gasteiger partial charge in [-0.05, 0) is 47.2 Å². The molecule has 6 heteroatoms. The molecule has 1 aromatic rings. The Bertz CT molecular complexity index is 470. The number of nitrogens with zero attached hydrogens (tertiary/aromatic N) is 2. The van der Waals surface area contributed by atoms with Crippen molar-refractivity contribution in [3.63, 3.8) is 0 Å².